The van der Waals surface area contributed by atoms with Crippen molar-refractivity contribution in [2.24, 2.45) is 5.10 Å². The predicted octanol–water partition coefficient (Wildman–Crippen LogP) is 8.99. The molecule has 1 aliphatic heterocycles. The summed E-state index contributed by atoms with van der Waals surface area (Å²) in [4.78, 5) is 13.7. The van der Waals surface area contributed by atoms with Crippen molar-refractivity contribution in [3.05, 3.63) is 198 Å². The van der Waals surface area contributed by atoms with Gasteiger partial charge in [-0.05, 0) is 65.2 Å². The fourth-order valence-corrected chi connectivity index (χ4v) is 6.89. The second kappa shape index (κ2) is 18.6. The van der Waals surface area contributed by atoms with E-state index >= 15 is 0 Å². The van der Waals surface area contributed by atoms with Crippen LogP contribution in [0, 0.1) is 5.82 Å². The first-order valence-electron chi connectivity index (χ1n) is 18.2. The molecule has 0 aliphatic carbocycles. The first-order valence-corrected chi connectivity index (χ1v) is 18.6. The minimum Gasteiger partial charge on any atom is -0.448 e. The van der Waals surface area contributed by atoms with Gasteiger partial charge in [0.25, 0.3) is 0 Å². The van der Waals surface area contributed by atoms with Gasteiger partial charge in [0.15, 0.2) is 18.5 Å². The van der Waals surface area contributed by atoms with E-state index in [0.717, 1.165) is 34.3 Å². The van der Waals surface area contributed by atoms with E-state index < -0.39 is 42.0 Å². The predicted molar refractivity (Wildman–Crippen MR) is 219 cm³/mol. The molecular weight excluding hydrogens is 744 g/mol. The number of thiocarbonyl (C=S) groups is 1. The van der Waals surface area contributed by atoms with Crippen molar-refractivity contribution < 1.29 is 37.6 Å². The van der Waals surface area contributed by atoms with E-state index in [-0.39, 0.29) is 17.6 Å². The molecule has 1 aliphatic rings. The van der Waals surface area contributed by atoms with Crippen molar-refractivity contribution in [3.8, 4) is 5.75 Å². The number of esters is 1. The maximum absolute atomic E-state index is 13.7. The molecule has 11 heteroatoms. The van der Waals surface area contributed by atoms with E-state index in [1.807, 2.05) is 152 Å². The smallest absolute Gasteiger partial charge is 0.358 e. The van der Waals surface area contributed by atoms with Gasteiger partial charge in [-0.2, -0.15) is 5.10 Å². The number of nitrogens with zero attached hydrogens (tertiary/aromatic N) is 2. The van der Waals surface area contributed by atoms with E-state index in [2.05, 4.69) is 5.10 Å². The Balaban J connectivity index is 1.20. The monoisotopic (exact) mass is 782 g/mol. The zero-order chi connectivity index (χ0) is 39.5. The number of hydrogen-bond acceptors (Lipinski definition) is 10. The van der Waals surface area contributed by atoms with E-state index in [1.54, 1.807) is 5.01 Å². The van der Waals surface area contributed by atoms with Gasteiger partial charge >= 0.3 is 11.2 Å². The van der Waals surface area contributed by atoms with Gasteiger partial charge in [0.2, 0.25) is 0 Å². The van der Waals surface area contributed by atoms with Gasteiger partial charge in [-0.15, -0.1) is 0 Å². The van der Waals surface area contributed by atoms with Crippen molar-refractivity contribution >= 4 is 41.0 Å². The molecule has 1 heterocycles. The molecule has 0 spiro atoms. The summed E-state index contributed by atoms with van der Waals surface area (Å²) in [7, 11) is 1.43. The summed E-state index contributed by atoms with van der Waals surface area (Å²) in [6.07, 6.45) is -3.21. The highest BCUT2D eigenvalue weighted by Crippen LogP contribution is 2.41. The lowest BCUT2D eigenvalue weighted by Gasteiger charge is -2.37. The zero-order valence-corrected chi connectivity index (χ0v) is 31.7. The van der Waals surface area contributed by atoms with Gasteiger partial charge in [-0.1, -0.05) is 127 Å². The average molecular weight is 783 g/mol. The van der Waals surface area contributed by atoms with Crippen molar-refractivity contribution in [1.82, 2.24) is 0 Å². The first kappa shape index (κ1) is 39.0. The number of rotatable bonds is 14. The Labute approximate surface area is 335 Å². The first-order chi connectivity index (χ1) is 27.9. The Morgan fingerprint density at radius 2 is 1.18 bits per heavy atom. The van der Waals surface area contributed by atoms with Gasteiger partial charge in [-0.3, -0.25) is 0 Å². The van der Waals surface area contributed by atoms with Gasteiger partial charge < -0.3 is 28.4 Å². The third kappa shape index (κ3) is 9.25. The molecule has 7 rings (SSSR count). The molecule has 1 fully saturated rings. The fourth-order valence-electron chi connectivity index (χ4n) is 6.68. The van der Waals surface area contributed by atoms with Crippen LogP contribution < -0.4 is 9.75 Å². The lowest BCUT2D eigenvalue weighted by atomic mass is 9.80. The Hall–Kier alpha value is -6.24. The highest BCUT2D eigenvalue weighted by atomic mass is 32.1. The number of hydrogen-bond donors (Lipinski definition) is 0. The number of anilines is 2. The Morgan fingerprint density at radius 3 is 1.65 bits per heavy atom. The van der Waals surface area contributed by atoms with Crippen LogP contribution in [0.3, 0.4) is 0 Å². The third-order valence-corrected chi connectivity index (χ3v) is 9.46. The quantitative estimate of drug-likeness (QED) is 0.0353. The Bertz CT molecular complexity index is 2080. The Morgan fingerprint density at radius 1 is 0.702 bits per heavy atom. The third-order valence-electron chi connectivity index (χ3n) is 9.28. The molecule has 0 amide bonds. The number of carbonyl (C=O) groups excluding carboxylic acids is 1. The molecule has 288 valence electrons. The number of hydrazone groups is 1. The molecule has 0 unspecified atom stereocenters. The second-order valence-electron chi connectivity index (χ2n) is 12.9. The van der Waals surface area contributed by atoms with E-state index in [4.69, 9.17) is 40.6 Å². The van der Waals surface area contributed by atoms with E-state index in [0.29, 0.717) is 0 Å². The maximum Gasteiger partial charge on any atom is 0.358 e. The molecule has 0 saturated carbocycles. The summed E-state index contributed by atoms with van der Waals surface area (Å²) in [6.45, 7) is -0.0830. The second-order valence-corrected chi connectivity index (χ2v) is 13.2. The molecular formula is C46H39FN2O7S. The van der Waals surface area contributed by atoms with Crippen LogP contribution in [-0.4, -0.2) is 55.7 Å². The van der Waals surface area contributed by atoms with E-state index in [1.165, 1.54) is 31.4 Å². The van der Waals surface area contributed by atoms with Crippen molar-refractivity contribution in [3.63, 3.8) is 0 Å². The molecule has 6 aromatic carbocycles. The van der Waals surface area contributed by atoms with Crippen LogP contribution in [0.4, 0.5) is 15.8 Å². The molecule has 9 nitrogen and oxygen atoms in total. The molecule has 0 radical (unpaired) electrons. The van der Waals surface area contributed by atoms with Crippen LogP contribution >= 0.6 is 12.2 Å². The van der Waals surface area contributed by atoms with Gasteiger partial charge in [-0.25, -0.2) is 14.2 Å². The summed E-state index contributed by atoms with van der Waals surface area (Å²) in [5, 5.41) is 5.80. The van der Waals surface area contributed by atoms with Gasteiger partial charge in [0.1, 0.15) is 29.5 Å². The normalized spacial score (nSPS) is 17.9. The SMILES string of the molecule is CO[C@@H]1O[C@@H](COC(c2ccccc2)(c2ccccc2)c2ccccc2)[C@H](OC(=S)Oc2ccc(F)cc2)[C@H]1OC(=O)/C=N/N(c1ccccc1)c1ccccc1. The molecule has 6 aromatic rings. The summed E-state index contributed by atoms with van der Waals surface area (Å²) < 4.78 is 50.9. The maximum atomic E-state index is 13.7. The largest absolute Gasteiger partial charge is 0.448 e. The number of carbonyl (C=O) groups is 1. The topological polar surface area (TPSA) is 88.1 Å². The number of halogens is 1. The number of benzene rings is 6. The molecule has 0 aromatic heterocycles. The minimum atomic E-state index is -1.17. The molecule has 0 bridgehead atoms. The average Bonchev–Trinajstić information content (AvgIpc) is 3.58. The molecule has 0 N–H and O–H groups in total. The molecule has 57 heavy (non-hydrogen) atoms. The number of ether oxygens (including phenoxy) is 6. The zero-order valence-electron chi connectivity index (χ0n) is 30.9. The van der Waals surface area contributed by atoms with Gasteiger partial charge in [0.05, 0.1) is 18.0 Å². The van der Waals surface area contributed by atoms with Crippen molar-refractivity contribution in [1.29, 1.82) is 0 Å². The minimum absolute atomic E-state index is 0.0830. The van der Waals surface area contributed by atoms with Crippen LogP contribution in [0.15, 0.2) is 181 Å². The van der Waals surface area contributed by atoms with Crippen molar-refractivity contribution in [2.75, 3.05) is 18.7 Å². The van der Waals surface area contributed by atoms with Crippen LogP contribution in [0.5, 0.6) is 5.75 Å². The summed E-state index contributed by atoms with van der Waals surface area (Å²) in [5.41, 5.74) is 2.97. The van der Waals surface area contributed by atoms with Crippen LogP contribution in [-0.2, 0) is 34.1 Å². The molecule has 4 atom stereocenters. The lowest BCUT2D eigenvalue weighted by molar-refractivity contribution is -0.178. The van der Waals surface area contributed by atoms with E-state index in [9.17, 15) is 9.18 Å². The van der Waals surface area contributed by atoms with Crippen LogP contribution in [0.25, 0.3) is 0 Å². The van der Waals surface area contributed by atoms with Gasteiger partial charge in [0, 0.05) is 19.3 Å². The van der Waals surface area contributed by atoms with Crippen LogP contribution in [0.2, 0.25) is 0 Å². The fraction of sp³-hybridized carbons (Fsp3) is 0.152. The standard InChI is InChI=1S/C46H39FN2O7S/c1-51-44-43(55-41(50)31-48-49(37-23-13-5-14-24-37)38-25-15-6-16-26-38)42(56-45(57)53-39-29-27-36(47)28-30-39)40(54-44)32-52-46(33-17-7-2-8-18-33,34-19-9-3-10-20-34)35-21-11-4-12-22-35/h2-31,40,42-44H,32H2,1H3/b48-31+/t40-,42-,43+,44+/m0/s1. The number of para-hydroxylation sites is 2. The Kier molecular flexibility index (Phi) is 12.7. The van der Waals surface area contributed by atoms with Crippen molar-refractivity contribution in [2.45, 2.75) is 30.2 Å². The summed E-state index contributed by atoms with van der Waals surface area (Å²) >= 11 is 5.53. The highest BCUT2D eigenvalue weighted by Gasteiger charge is 2.51. The lowest BCUT2D eigenvalue weighted by Crippen LogP contribution is -2.44. The molecule has 1 saturated heterocycles. The summed E-state index contributed by atoms with van der Waals surface area (Å²) in [5.74, 6) is -0.991. The summed E-state index contributed by atoms with van der Waals surface area (Å²) in [6, 6.07) is 53.7. The number of methoxy groups -OCH3 is 1. The highest BCUT2D eigenvalue weighted by molar-refractivity contribution is 7.79. The van der Waals surface area contributed by atoms with Crippen LogP contribution in [0.1, 0.15) is 16.7 Å².